The van der Waals surface area contributed by atoms with Gasteiger partial charge in [0.1, 0.15) is 47.7 Å². The van der Waals surface area contributed by atoms with Crippen LogP contribution >= 0.6 is 0 Å². The second kappa shape index (κ2) is 8.11. The number of allylic oxidation sites excluding steroid dienone is 1. The molecule has 1 unspecified atom stereocenters. The van der Waals surface area contributed by atoms with Gasteiger partial charge in [0.15, 0.2) is 0 Å². The van der Waals surface area contributed by atoms with Gasteiger partial charge in [-0.3, -0.25) is 0 Å². The van der Waals surface area contributed by atoms with Crippen LogP contribution in [-0.4, -0.2) is 18.7 Å². The molecule has 6 nitrogen and oxygen atoms in total. The summed E-state index contributed by atoms with van der Waals surface area (Å²) in [6, 6.07) is 16.3. The van der Waals surface area contributed by atoms with E-state index in [4.69, 9.17) is 14.2 Å². The molecule has 0 amide bonds. The molecule has 0 fully saturated rings. The zero-order valence-electron chi connectivity index (χ0n) is 15.1. The highest BCUT2D eigenvalue weighted by Gasteiger charge is 2.25. The number of benzene rings is 2. The van der Waals surface area contributed by atoms with Crippen LogP contribution in [0.4, 0.5) is 0 Å². The minimum absolute atomic E-state index is 0.00984. The first kappa shape index (κ1) is 18.8. The maximum Gasteiger partial charge on any atom is 0.330 e. The van der Waals surface area contributed by atoms with E-state index in [1.165, 1.54) is 0 Å². The van der Waals surface area contributed by atoms with Crippen LogP contribution in [0.1, 0.15) is 18.1 Å². The first-order valence-corrected chi connectivity index (χ1v) is 8.49. The third-order valence-electron chi connectivity index (χ3n) is 4.04. The van der Waals surface area contributed by atoms with Crippen LogP contribution in [-0.2, 0) is 9.53 Å². The summed E-state index contributed by atoms with van der Waals surface area (Å²) in [5.41, 5.74) is 1.86. The largest absolute Gasteiger partial charge is 0.490 e. The van der Waals surface area contributed by atoms with Crippen LogP contribution in [0.15, 0.2) is 60.7 Å². The summed E-state index contributed by atoms with van der Waals surface area (Å²) in [4.78, 5) is 11.2. The van der Waals surface area contributed by atoms with Crippen LogP contribution in [0.25, 0.3) is 5.57 Å². The van der Waals surface area contributed by atoms with Crippen LogP contribution in [0.5, 0.6) is 17.2 Å². The number of carbonyl (C=O) groups excluding carboxylic acids is 1. The fourth-order valence-electron chi connectivity index (χ4n) is 2.81. The second-order valence-electron chi connectivity index (χ2n) is 5.99. The Labute approximate surface area is 162 Å². The monoisotopic (exact) mass is 372 g/mol. The number of rotatable bonds is 5. The predicted octanol–water partition coefficient (Wildman–Crippen LogP) is 4.14. The lowest BCUT2D eigenvalue weighted by Crippen LogP contribution is -2.20. The molecule has 0 saturated carbocycles. The number of esters is 1. The standard InChI is InChI=1S/C22H16N2O4/c1-3-21(25)27-14(2)13-26-16-8-9-18-20(10-16)28-19-7-5-4-6-17(19)22(18)15(11-23)12-24/h3-10,14H,1,13H2,2H3. The predicted molar refractivity (Wildman–Crippen MR) is 101 cm³/mol. The Morgan fingerprint density at radius 1 is 1.18 bits per heavy atom. The van der Waals surface area contributed by atoms with E-state index in [1.54, 1.807) is 31.2 Å². The topological polar surface area (TPSA) is 92.3 Å². The molecule has 0 radical (unpaired) electrons. The summed E-state index contributed by atoms with van der Waals surface area (Å²) in [6.45, 7) is 5.21. The number of nitriles is 2. The van der Waals surface area contributed by atoms with Gasteiger partial charge in [0.25, 0.3) is 0 Å². The molecule has 0 bridgehead atoms. The Morgan fingerprint density at radius 3 is 2.61 bits per heavy atom. The Balaban J connectivity index is 1.92. The van der Waals surface area contributed by atoms with Gasteiger partial charge in [0.2, 0.25) is 0 Å². The molecule has 0 saturated heterocycles. The van der Waals surface area contributed by atoms with Crippen molar-refractivity contribution in [2.45, 2.75) is 13.0 Å². The Hall–Kier alpha value is -4.03. The summed E-state index contributed by atoms with van der Waals surface area (Å²) in [6.07, 6.45) is 0.638. The van der Waals surface area contributed by atoms with Crippen molar-refractivity contribution in [1.29, 1.82) is 10.5 Å². The van der Waals surface area contributed by atoms with E-state index < -0.39 is 12.1 Å². The minimum Gasteiger partial charge on any atom is -0.490 e. The number of fused-ring (bicyclic) bond motifs is 2. The van der Waals surface area contributed by atoms with E-state index in [9.17, 15) is 15.3 Å². The molecule has 1 aliphatic rings. The summed E-state index contributed by atoms with van der Waals surface area (Å²) in [5, 5.41) is 18.8. The van der Waals surface area contributed by atoms with Gasteiger partial charge >= 0.3 is 5.97 Å². The SMILES string of the molecule is C=CC(=O)OC(C)COc1ccc2c(c1)Oc1ccccc1C2=C(C#N)C#N. The normalized spacial score (nSPS) is 12.2. The van der Waals surface area contributed by atoms with Gasteiger partial charge in [-0.05, 0) is 25.1 Å². The van der Waals surface area contributed by atoms with Crippen molar-refractivity contribution in [3.05, 3.63) is 71.8 Å². The van der Waals surface area contributed by atoms with E-state index >= 15 is 0 Å². The van der Waals surface area contributed by atoms with Crippen molar-refractivity contribution in [3.63, 3.8) is 0 Å². The minimum atomic E-state index is -0.517. The van der Waals surface area contributed by atoms with Crippen LogP contribution in [0, 0.1) is 22.7 Å². The maximum atomic E-state index is 11.2. The first-order valence-electron chi connectivity index (χ1n) is 8.49. The fraction of sp³-hybridized carbons (Fsp3) is 0.136. The molecule has 0 N–H and O–H groups in total. The highest BCUT2D eigenvalue weighted by molar-refractivity contribution is 5.93. The van der Waals surface area contributed by atoms with Gasteiger partial charge in [-0.2, -0.15) is 10.5 Å². The Bertz CT molecular complexity index is 1040. The van der Waals surface area contributed by atoms with Crippen LogP contribution in [0.3, 0.4) is 0 Å². The summed E-state index contributed by atoms with van der Waals surface area (Å²) >= 11 is 0. The molecule has 2 aromatic rings. The average molecular weight is 372 g/mol. The van der Waals surface area contributed by atoms with Gasteiger partial charge in [-0.25, -0.2) is 4.79 Å². The molecule has 1 aliphatic heterocycles. The first-order chi connectivity index (χ1) is 13.6. The zero-order valence-corrected chi connectivity index (χ0v) is 15.1. The quantitative estimate of drug-likeness (QED) is 0.380. The number of hydrogen-bond acceptors (Lipinski definition) is 6. The second-order valence-corrected chi connectivity index (χ2v) is 5.99. The third kappa shape index (κ3) is 3.72. The molecule has 3 rings (SSSR count). The van der Waals surface area contributed by atoms with E-state index in [1.807, 2.05) is 30.3 Å². The van der Waals surface area contributed by atoms with Crippen molar-refractivity contribution in [2.24, 2.45) is 0 Å². The fourth-order valence-corrected chi connectivity index (χ4v) is 2.81. The number of ether oxygens (including phenoxy) is 3. The molecule has 138 valence electrons. The third-order valence-corrected chi connectivity index (χ3v) is 4.04. The smallest absolute Gasteiger partial charge is 0.330 e. The maximum absolute atomic E-state index is 11.2. The van der Waals surface area contributed by atoms with E-state index in [2.05, 4.69) is 6.58 Å². The molecule has 6 heteroatoms. The highest BCUT2D eigenvalue weighted by atomic mass is 16.6. The number of nitrogens with zero attached hydrogens (tertiary/aromatic N) is 2. The van der Waals surface area contributed by atoms with E-state index in [0.717, 1.165) is 6.08 Å². The molecular weight excluding hydrogens is 356 g/mol. The van der Waals surface area contributed by atoms with Crippen molar-refractivity contribution >= 4 is 11.5 Å². The summed E-state index contributed by atoms with van der Waals surface area (Å²) in [7, 11) is 0. The Kier molecular flexibility index (Phi) is 5.43. The van der Waals surface area contributed by atoms with Gasteiger partial charge in [0, 0.05) is 28.8 Å². The van der Waals surface area contributed by atoms with Gasteiger partial charge in [0.05, 0.1) is 0 Å². The van der Waals surface area contributed by atoms with Gasteiger partial charge in [-0.15, -0.1) is 0 Å². The van der Waals surface area contributed by atoms with Gasteiger partial charge in [-0.1, -0.05) is 24.8 Å². The van der Waals surface area contributed by atoms with Crippen LogP contribution < -0.4 is 9.47 Å². The molecule has 1 heterocycles. The molecular formula is C22H16N2O4. The summed E-state index contributed by atoms with van der Waals surface area (Å²) < 4.78 is 16.7. The molecule has 0 spiro atoms. The average Bonchev–Trinajstić information content (AvgIpc) is 2.72. The van der Waals surface area contributed by atoms with E-state index in [-0.39, 0.29) is 12.2 Å². The zero-order chi connectivity index (χ0) is 20.1. The molecule has 28 heavy (non-hydrogen) atoms. The lowest BCUT2D eigenvalue weighted by Gasteiger charge is -2.23. The lowest BCUT2D eigenvalue weighted by atomic mass is 9.90. The van der Waals surface area contributed by atoms with Crippen molar-refractivity contribution in [1.82, 2.24) is 0 Å². The molecule has 0 aliphatic carbocycles. The van der Waals surface area contributed by atoms with Crippen molar-refractivity contribution in [2.75, 3.05) is 6.61 Å². The van der Waals surface area contributed by atoms with Gasteiger partial charge < -0.3 is 14.2 Å². The van der Waals surface area contributed by atoms with Crippen molar-refractivity contribution < 1.29 is 19.0 Å². The highest BCUT2D eigenvalue weighted by Crippen LogP contribution is 2.45. The number of para-hydroxylation sites is 1. The molecule has 2 aromatic carbocycles. The molecule has 0 aromatic heterocycles. The number of hydrogen-bond donors (Lipinski definition) is 0. The molecule has 1 atom stereocenters. The van der Waals surface area contributed by atoms with Crippen molar-refractivity contribution in [3.8, 4) is 29.4 Å². The lowest BCUT2D eigenvalue weighted by molar-refractivity contribution is -0.143. The summed E-state index contributed by atoms with van der Waals surface area (Å²) in [5.74, 6) is 1.02. The van der Waals surface area contributed by atoms with E-state index in [0.29, 0.717) is 33.9 Å². The Morgan fingerprint density at radius 2 is 1.89 bits per heavy atom. The van der Waals surface area contributed by atoms with Crippen LogP contribution in [0.2, 0.25) is 0 Å². The number of carbonyl (C=O) groups is 1.